The van der Waals surface area contributed by atoms with Crippen molar-refractivity contribution >= 4 is 0 Å². The van der Waals surface area contributed by atoms with Crippen molar-refractivity contribution in [1.82, 2.24) is 0 Å². The van der Waals surface area contributed by atoms with Gasteiger partial charge in [-0.25, -0.2) is 0 Å². The minimum atomic E-state index is 1.32. The van der Waals surface area contributed by atoms with Crippen molar-refractivity contribution in [3.8, 4) is 0 Å². The third kappa shape index (κ3) is 99.1. The summed E-state index contributed by atoms with van der Waals surface area (Å²) in [5.41, 5.74) is 0. The summed E-state index contributed by atoms with van der Waals surface area (Å²) in [7, 11) is 0. The molecule has 0 heteroatoms. The van der Waals surface area contributed by atoms with E-state index in [-0.39, 0.29) is 0 Å². The Hall–Kier alpha value is -0.260. The molecule has 0 atom stereocenters. The second-order valence-corrected chi connectivity index (χ2v) is 2.76. The van der Waals surface area contributed by atoms with Gasteiger partial charge in [-0.3, -0.25) is 0 Å². The van der Waals surface area contributed by atoms with Crippen LogP contribution in [0.4, 0.5) is 0 Å². The molecule has 76 valence electrons. The van der Waals surface area contributed by atoms with Crippen molar-refractivity contribution in [2.45, 2.75) is 66.7 Å². The molecule has 0 aromatic carbocycles. The molecule has 12 heavy (non-hydrogen) atoms. The molecule has 0 spiro atoms. The van der Waals surface area contributed by atoms with Crippen molar-refractivity contribution in [1.29, 1.82) is 0 Å². The molecular formula is C12H28. The van der Waals surface area contributed by atoms with Gasteiger partial charge >= 0.3 is 0 Å². The van der Waals surface area contributed by atoms with Crippen LogP contribution >= 0.6 is 0 Å². The lowest BCUT2D eigenvalue weighted by Gasteiger charge is -1.79. The first-order valence-electron chi connectivity index (χ1n) is 5.31. The Labute approximate surface area is 80.1 Å². The highest BCUT2D eigenvalue weighted by molar-refractivity contribution is 4.51. The zero-order valence-electron chi connectivity index (χ0n) is 9.82. The zero-order valence-corrected chi connectivity index (χ0v) is 9.82. The van der Waals surface area contributed by atoms with Crippen molar-refractivity contribution in [2.24, 2.45) is 0 Å². The maximum atomic E-state index is 3.36. The van der Waals surface area contributed by atoms with Crippen LogP contribution < -0.4 is 0 Å². The first-order valence-corrected chi connectivity index (χ1v) is 5.31. The van der Waals surface area contributed by atoms with Crippen LogP contribution in [-0.2, 0) is 0 Å². The van der Waals surface area contributed by atoms with E-state index in [0.717, 1.165) is 0 Å². The van der Waals surface area contributed by atoms with Gasteiger partial charge in [-0.05, 0) is 6.92 Å². The van der Waals surface area contributed by atoms with E-state index in [9.17, 15) is 0 Å². The molecule has 0 bridgehead atoms. The van der Waals surface area contributed by atoms with Crippen LogP contribution in [0.2, 0.25) is 0 Å². The summed E-state index contributed by atoms with van der Waals surface area (Å²) in [6.45, 7) is 14.0. The Morgan fingerprint density at radius 1 is 0.833 bits per heavy atom. The monoisotopic (exact) mass is 172 g/mol. The fourth-order valence-electron chi connectivity index (χ4n) is 0.354. The van der Waals surface area contributed by atoms with Crippen LogP contribution in [0.3, 0.4) is 0 Å². The topological polar surface area (TPSA) is 0 Å². The second kappa shape index (κ2) is 30.9. The molecule has 0 aliphatic carbocycles. The number of hydrogen-bond acceptors (Lipinski definition) is 0. The van der Waals surface area contributed by atoms with Crippen LogP contribution in [-0.4, -0.2) is 0 Å². The van der Waals surface area contributed by atoms with Gasteiger partial charge in [0.05, 0.1) is 0 Å². The molecule has 0 rings (SSSR count). The van der Waals surface area contributed by atoms with E-state index >= 15 is 0 Å². The Kier molecular flexibility index (Phi) is 45.7. The molecule has 0 unspecified atom stereocenters. The third-order valence-corrected chi connectivity index (χ3v) is 1.21. The summed E-state index contributed by atoms with van der Waals surface area (Å²) in [4.78, 5) is 0. The fourth-order valence-corrected chi connectivity index (χ4v) is 0.354. The summed E-state index contributed by atoms with van der Waals surface area (Å²) in [5.74, 6) is 0. The van der Waals surface area contributed by atoms with Crippen LogP contribution in [0.15, 0.2) is 12.7 Å². The van der Waals surface area contributed by atoms with Gasteiger partial charge in [0.2, 0.25) is 0 Å². The van der Waals surface area contributed by atoms with Gasteiger partial charge in [-0.15, -0.1) is 6.58 Å². The number of rotatable bonds is 3. The van der Waals surface area contributed by atoms with Gasteiger partial charge in [-0.1, -0.05) is 65.9 Å². The van der Waals surface area contributed by atoms with Crippen molar-refractivity contribution in [3.63, 3.8) is 0 Å². The molecule has 0 radical (unpaired) electrons. The third-order valence-electron chi connectivity index (χ3n) is 1.21. The van der Waals surface area contributed by atoms with E-state index in [1.165, 1.54) is 32.1 Å². The lowest BCUT2D eigenvalue weighted by molar-refractivity contribution is 0.772. The average molecular weight is 172 g/mol. The summed E-state index contributed by atoms with van der Waals surface area (Å²) >= 11 is 0. The molecule has 0 saturated carbocycles. The molecule has 0 amide bonds. The maximum Gasteiger partial charge on any atom is -0.0473 e. The SMILES string of the molecule is C=CC.CCCC.CCCCC. The second-order valence-electron chi connectivity index (χ2n) is 2.76. The van der Waals surface area contributed by atoms with Crippen molar-refractivity contribution < 1.29 is 0 Å². The Balaban J connectivity index is -0.000000105. The van der Waals surface area contributed by atoms with E-state index in [1.54, 1.807) is 6.08 Å². The van der Waals surface area contributed by atoms with E-state index in [0.29, 0.717) is 0 Å². The number of hydrogen-bond donors (Lipinski definition) is 0. The highest BCUT2D eigenvalue weighted by atomic mass is 13.7. The molecule has 0 nitrogen and oxygen atoms in total. The molecule has 0 aliphatic heterocycles. The van der Waals surface area contributed by atoms with Gasteiger partial charge in [0, 0.05) is 0 Å². The van der Waals surface area contributed by atoms with Gasteiger partial charge in [0.25, 0.3) is 0 Å². The zero-order chi connectivity index (χ0) is 10.2. The highest BCUT2D eigenvalue weighted by Gasteiger charge is 1.68. The lowest BCUT2D eigenvalue weighted by atomic mass is 10.3. The molecule has 0 fully saturated rings. The van der Waals surface area contributed by atoms with Gasteiger partial charge in [-0.2, -0.15) is 0 Å². The van der Waals surface area contributed by atoms with Gasteiger partial charge in [0.15, 0.2) is 0 Å². The number of allylic oxidation sites excluding steroid dienone is 1. The molecule has 0 heterocycles. The minimum absolute atomic E-state index is 1.32. The fraction of sp³-hybridized carbons (Fsp3) is 0.833. The normalized spacial score (nSPS) is 7.08. The average Bonchev–Trinajstić information content (AvgIpc) is 2.08. The minimum Gasteiger partial charge on any atom is -0.103 e. The van der Waals surface area contributed by atoms with Crippen LogP contribution in [0, 0.1) is 0 Å². The van der Waals surface area contributed by atoms with Crippen LogP contribution in [0.5, 0.6) is 0 Å². The first kappa shape index (κ1) is 17.7. The van der Waals surface area contributed by atoms with E-state index in [4.69, 9.17) is 0 Å². The molecule has 0 saturated heterocycles. The summed E-state index contributed by atoms with van der Waals surface area (Å²) in [6.07, 6.45) is 8.47. The maximum absolute atomic E-state index is 3.36. The largest absolute Gasteiger partial charge is 0.103 e. The van der Waals surface area contributed by atoms with E-state index in [2.05, 4.69) is 34.3 Å². The summed E-state index contributed by atoms with van der Waals surface area (Å²) in [6, 6.07) is 0. The molecule has 0 aromatic heterocycles. The van der Waals surface area contributed by atoms with Crippen LogP contribution in [0.25, 0.3) is 0 Å². The van der Waals surface area contributed by atoms with Crippen molar-refractivity contribution in [2.75, 3.05) is 0 Å². The smallest absolute Gasteiger partial charge is 0.0473 e. The molecule has 0 N–H and O–H groups in total. The standard InChI is InChI=1S/C5H12.C4H10.C3H6/c1-3-5-4-2;1-3-4-2;1-3-2/h3-5H2,1-2H3;3-4H2,1-2H3;3H,1H2,2H3. The quantitative estimate of drug-likeness (QED) is 0.514. The van der Waals surface area contributed by atoms with Gasteiger partial charge < -0.3 is 0 Å². The lowest BCUT2D eigenvalue weighted by Crippen LogP contribution is -1.59. The van der Waals surface area contributed by atoms with Crippen molar-refractivity contribution in [3.05, 3.63) is 12.7 Å². The van der Waals surface area contributed by atoms with Crippen LogP contribution in [0.1, 0.15) is 66.7 Å². The Morgan fingerprint density at radius 2 is 1.08 bits per heavy atom. The van der Waals surface area contributed by atoms with E-state index < -0.39 is 0 Å². The summed E-state index contributed by atoms with van der Waals surface area (Å²) in [5, 5.41) is 0. The predicted molar refractivity (Wildman–Crippen MR) is 61.7 cm³/mol. The highest BCUT2D eigenvalue weighted by Crippen LogP contribution is 1.88. The number of unbranched alkanes of at least 4 members (excludes halogenated alkanes) is 3. The Bertz CT molecular complexity index is 42.0. The molecule has 0 aliphatic rings. The Morgan fingerprint density at radius 3 is 1.08 bits per heavy atom. The molecular weight excluding hydrogens is 144 g/mol. The van der Waals surface area contributed by atoms with Gasteiger partial charge in [0.1, 0.15) is 0 Å². The first-order chi connectivity index (χ1) is 5.74. The molecule has 0 aromatic rings. The van der Waals surface area contributed by atoms with E-state index in [1.807, 2.05) is 6.92 Å². The predicted octanol–water partition coefficient (Wildman–Crippen LogP) is 5.20. The summed E-state index contributed by atoms with van der Waals surface area (Å²) < 4.78 is 0.